The minimum Gasteiger partial charge on any atom is -0.504 e. The second-order valence-corrected chi connectivity index (χ2v) is 8.58. The standard InChI is InChI=1S/C26H44O5/c1-2-3-4-15-20-31-21-16-13-11-9-7-5-6-8-10-12-14-17-22-18-19-23(27)25(28)24(22)26(29)30/h18-19,27-28H,2-17,20-21H2,1H3,(H,29,30). The number of aromatic hydroxyl groups is 2. The predicted octanol–water partition coefficient (Wildman–Crippen LogP) is 7.23. The molecule has 0 aliphatic carbocycles. The molecule has 0 spiro atoms. The Kier molecular flexibility index (Phi) is 15.7. The van der Waals surface area contributed by atoms with Crippen molar-refractivity contribution in [3.05, 3.63) is 23.3 Å². The number of hydrogen-bond donors (Lipinski definition) is 3. The molecule has 0 aliphatic heterocycles. The van der Waals surface area contributed by atoms with Gasteiger partial charge in [0.15, 0.2) is 11.5 Å². The molecule has 0 atom stereocenters. The van der Waals surface area contributed by atoms with E-state index >= 15 is 0 Å². The van der Waals surface area contributed by atoms with Gasteiger partial charge in [0, 0.05) is 13.2 Å². The van der Waals surface area contributed by atoms with Crippen LogP contribution in [0.15, 0.2) is 12.1 Å². The molecule has 31 heavy (non-hydrogen) atoms. The Bertz CT molecular complexity index is 600. The second kappa shape index (κ2) is 17.9. The van der Waals surface area contributed by atoms with E-state index in [1.165, 1.54) is 83.1 Å². The van der Waals surface area contributed by atoms with Crippen molar-refractivity contribution in [2.24, 2.45) is 0 Å². The summed E-state index contributed by atoms with van der Waals surface area (Å²) in [5, 5.41) is 28.5. The maximum Gasteiger partial charge on any atom is 0.339 e. The third-order valence-corrected chi connectivity index (χ3v) is 5.83. The molecule has 1 rings (SSSR count). The molecule has 178 valence electrons. The van der Waals surface area contributed by atoms with Crippen molar-refractivity contribution >= 4 is 5.97 Å². The van der Waals surface area contributed by atoms with Crippen LogP contribution in [0.25, 0.3) is 0 Å². The molecule has 0 unspecified atom stereocenters. The molecular weight excluding hydrogens is 392 g/mol. The molecule has 0 saturated carbocycles. The summed E-state index contributed by atoms with van der Waals surface area (Å²) >= 11 is 0. The van der Waals surface area contributed by atoms with Crippen LogP contribution in [-0.4, -0.2) is 34.5 Å². The van der Waals surface area contributed by atoms with Gasteiger partial charge in [0.2, 0.25) is 0 Å². The summed E-state index contributed by atoms with van der Waals surface area (Å²) < 4.78 is 5.68. The van der Waals surface area contributed by atoms with Crippen LogP contribution in [0.1, 0.15) is 119 Å². The third kappa shape index (κ3) is 12.6. The number of rotatable bonds is 20. The molecule has 0 bridgehead atoms. The largest absolute Gasteiger partial charge is 0.504 e. The van der Waals surface area contributed by atoms with Crippen molar-refractivity contribution in [1.29, 1.82) is 0 Å². The van der Waals surface area contributed by atoms with E-state index < -0.39 is 11.7 Å². The first-order valence-electron chi connectivity index (χ1n) is 12.4. The highest BCUT2D eigenvalue weighted by molar-refractivity contribution is 5.93. The quantitative estimate of drug-likeness (QED) is 0.148. The maximum absolute atomic E-state index is 11.3. The average Bonchev–Trinajstić information content (AvgIpc) is 2.75. The first-order valence-corrected chi connectivity index (χ1v) is 12.4. The topological polar surface area (TPSA) is 87.0 Å². The zero-order valence-corrected chi connectivity index (χ0v) is 19.5. The number of benzene rings is 1. The fraction of sp³-hybridized carbons (Fsp3) is 0.731. The predicted molar refractivity (Wildman–Crippen MR) is 126 cm³/mol. The van der Waals surface area contributed by atoms with Gasteiger partial charge >= 0.3 is 5.97 Å². The van der Waals surface area contributed by atoms with Crippen molar-refractivity contribution in [2.45, 2.75) is 110 Å². The number of phenols is 2. The van der Waals surface area contributed by atoms with Gasteiger partial charge in [-0.3, -0.25) is 0 Å². The van der Waals surface area contributed by atoms with E-state index in [2.05, 4.69) is 6.92 Å². The Morgan fingerprint density at radius 1 is 0.742 bits per heavy atom. The molecule has 0 radical (unpaired) electrons. The van der Waals surface area contributed by atoms with Crippen LogP contribution < -0.4 is 0 Å². The Balaban J connectivity index is 1.92. The van der Waals surface area contributed by atoms with Gasteiger partial charge in [-0.2, -0.15) is 0 Å². The minimum atomic E-state index is -1.20. The van der Waals surface area contributed by atoms with Crippen LogP contribution in [0.2, 0.25) is 0 Å². The highest BCUT2D eigenvalue weighted by Crippen LogP contribution is 2.32. The molecule has 0 saturated heterocycles. The van der Waals surface area contributed by atoms with Crippen LogP contribution in [0.5, 0.6) is 11.5 Å². The number of carboxylic acids is 1. The monoisotopic (exact) mass is 436 g/mol. The molecule has 5 nitrogen and oxygen atoms in total. The summed E-state index contributed by atoms with van der Waals surface area (Å²) in [5.74, 6) is -2.11. The number of unbranched alkanes of at least 4 members (excludes halogenated alkanes) is 13. The molecule has 5 heteroatoms. The van der Waals surface area contributed by atoms with Gasteiger partial charge < -0.3 is 20.1 Å². The van der Waals surface area contributed by atoms with Crippen LogP contribution in [0.4, 0.5) is 0 Å². The Labute approximate surface area is 188 Å². The summed E-state index contributed by atoms with van der Waals surface area (Å²) in [4.78, 5) is 11.3. The Hall–Kier alpha value is -1.75. The first kappa shape index (κ1) is 27.3. The molecule has 0 fully saturated rings. The van der Waals surface area contributed by atoms with Gasteiger partial charge in [0.1, 0.15) is 5.56 Å². The lowest BCUT2D eigenvalue weighted by atomic mass is 9.99. The van der Waals surface area contributed by atoms with Crippen molar-refractivity contribution in [1.82, 2.24) is 0 Å². The van der Waals surface area contributed by atoms with Crippen LogP contribution >= 0.6 is 0 Å². The summed E-state index contributed by atoms with van der Waals surface area (Å²) in [6.07, 6.45) is 19.0. The highest BCUT2D eigenvalue weighted by Gasteiger charge is 2.18. The zero-order valence-electron chi connectivity index (χ0n) is 19.5. The fourth-order valence-electron chi connectivity index (χ4n) is 3.91. The molecule has 3 N–H and O–H groups in total. The van der Waals surface area contributed by atoms with Crippen LogP contribution in [-0.2, 0) is 11.2 Å². The summed E-state index contributed by atoms with van der Waals surface area (Å²) in [7, 11) is 0. The lowest BCUT2D eigenvalue weighted by Gasteiger charge is -2.09. The summed E-state index contributed by atoms with van der Waals surface area (Å²) in [6, 6.07) is 2.96. The maximum atomic E-state index is 11.3. The lowest BCUT2D eigenvalue weighted by Crippen LogP contribution is -2.03. The Morgan fingerprint density at radius 2 is 1.23 bits per heavy atom. The lowest BCUT2D eigenvalue weighted by molar-refractivity contribution is 0.0691. The van der Waals surface area contributed by atoms with Gasteiger partial charge in [-0.15, -0.1) is 0 Å². The Morgan fingerprint density at radius 3 is 1.74 bits per heavy atom. The van der Waals surface area contributed by atoms with Gasteiger partial charge in [-0.25, -0.2) is 4.79 Å². The van der Waals surface area contributed by atoms with E-state index in [0.717, 1.165) is 32.5 Å². The number of carbonyl (C=O) groups is 1. The van der Waals surface area contributed by atoms with Gasteiger partial charge in [0.25, 0.3) is 0 Å². The van der Waals surface area contributed by atoms with E-state index in [1.807, 2.05) is 0 Å². The van der Waals surface area contributed by atoms with Crippen molar-refractivity contribution in [3.63, 3.8) is 0 Å². The van der Waals surface area contributed by atoms with E-state index in [0.29, 0.717) is 12.0 Å². The number of aromatic carboxylic acids is 1. The van der Waals surface area contributed by atoms with Gasteiger partial charge in [-0.1, -0.05) is 90.0 Å². The second-order valence-electron chi connectivity index (χ2n) is 8.58. The molecule has 0 aromatic heterocycles. The number of carboxylic acid groups (broad SMARTS) is 1. The van der Waals surface area contributed by atoms with E-state index in [-0.39, 0.29) is 11.3 Å². The van der Waals surface area contributed by atoms with Gasteiger partial charge in [-0.05, 0) is 37.3 Å². The highest BCUT2D eigenvalue weighted by atomic mass is 16.5. The van der Waals surface area contributed by atoms with E-state index in [1.54, 1.807) is 6.07 Å². The molecular formula is C26H44O5. The summed E-state index contributed by atoms with van der Waals surface area (Å²) in [5.41, 5.74) is 0.420. The zero-order chi connectivity index (χ0) is 22.7. The normalized spacial score (nSPS) is 11.1. The third-order valence-electron chi connectivity index (χ3n) is 5.83. The van der Waals surface area contributed by atoms with Crippen molar-refractivity contribution in [2.75, 3.05) is 13.2 Å². The SMILES string of the molecule is CCCCCCOCCCCCCCCCCCCCc1ccc(O)c(O)c1C(=O)O. The summed E-state index contributed by atoms with van der Waals surface area (Å²) in [6.45, 7) is 4.08. The van der Waals surface area contributed by atoms with Crippen molar-refractivity contribution < 1.29 is 24.9 Å². The molecule has 1 aromatic carbocycles. The van der Waals surface area contributed by atoms with E-state index in [9.17, 15) is 20.1 Å². The number of aryl methyl sites for hydroxylation is 1. The smallest absolute Gasteiger partial charge is 0.339 e. The fourth-order valence-corrected chi connectivity index (χ4v) is 3.91. The average molecular weight is 437 g/mol. The molecule has 0 amide bonds. The number of ether oxygens (including phenoxy) is 1. The molecule has 1 aromatic rings. The minimum absolute atomic E-state index is 0.168. The van der Waals surface area contributed by atoms with Gasteiger partial charge in [0.05, 0.1) is 0 Å². The molecule has 0 heterocycles. The van der Waals surface area contributed by atoms with Crippen LogP contribution in [0, 0.1) is 0 Å². The van der Waals surface area contributed by atoms with Crippen molar-refractivity contribution in [3.8, 4) is 11.5 Å². The van der Waals surface area contributed by atoms with E-state index in [4.69, 9.17) is 4.74 Å². The number of hydrogen-bond acceptors (Lipinski definition) is 4. The molecule has 0 aliphatic rings. The van der Waals surface area contributed by atoms with Crippen LogP contribution in [0.3, 0.4) is 0 Å². The first-order chi connectivity index (χ1) is 15.1. The number of phenolic OH excluding ortho intramolecular Hbond substituents is 1.